The second kappa shape index (κ2) is 8.14. The van der Waals surface area contributed by atoms with Crippen molar-refractivity contribution < 1.29 is 19.5 Å². The van der Waals surface area contributed by atoms with Gasteiger partial charge < -0.3 is 14.9 Å². The molecular weight excluding hydrogens is 320 g/mol. The second-order valence-corrected chi connectivity index (χ2v) is 6.78. The van der Waals surface area contributed by atoms with Crippen molar-refractivity contribution in [1.29, 1.82) is 0 Å². The summed E-state index contributed by atoms with van der Waals surface area (Å²) in [4.78, 5) is 39.2. The molecule has 1 heterocycles. The van der Waals surface area contributed by atoms with Gasteiger partial charge in [0.1, 0.15) is 6.54 Å². The van der Waals surface area contributed by atoms with E-state index in [1.807, 2.05) is 45.0 Å². The molecule has 2 unspecified atom stereocenters. The van der Waals surface area contributed by atoms with E-state index in [0.717, 1.165) is 11.1 Å². The van der Waals surface area contributed by atoms with Gasteiger partial charge in [-0.2, -0.15) is 0 Å². The Morgan fingerprint density at radius 2 is 1.96 bits per heavy atom. The number of hydrogen-bond acceptors (Lipinski definition) is 3. The summed E-state index contributed by atoms with van der Waals surface area (Å²) in [7, 11) is 0. The van der Waals surface area contributed by atoms with Crippen LogP contribution in [0.2, 0.25) is 0 Å². The largest absolute Gasteiger partial charge is 0.480 e. The molecule has 0 aromatic heterocycles. The van der Waals surface area contributed by atoms with E-state index in [2.05, 4.69) is 0 Å². The number of amides is 2. The van der Waals surface area contributed by atoms with Crippen LogP contribution in [0.5, 0.6) is 0 Å². The van der Waals surface area contributed by atoms with Crippen LogP contribution >= 0.6 is 0 Å². The topological polar surface area (TPSA) is 77.9 Å². The van der Waals surface area contributed by atoms with Crippen LogP contribution in [0.4, 0.5) is 0 Å². The van der Waals surface area contributed by atoms with Gasteiger partial charge in [0.05, 0.1) is 5.92 Å². The van der Waals surface area contributed by atoms with Gasteiger partial charge in [-0.3, -0.25) is 14.4 Å². The molecule has 2 rings (SSSR count). The van der Waals surface area contributed by atoms with Crippen LogP contribution in [0.25, 0.3) is 0 Å². The molecule has 136 valence electrons. The minimum Gasteiger partial charge on any atom is -0.480 e. The van der Waals surface area contributed by atoms with Crippen LogP contribution < -0.4 is 0 Å². The predicted molar refractivity (Wildman–Crippen MR) is 93.8 cm³/mol. The van der Waals surface area contributed by atoms with Crippen LogP contribution in [0, 0.1) is 12.8 Å². The van der Waals surface area contributed by atoms with Crippen LogP contribution in [-0.2, 0) is 20.9 Å². The lowest BCUT2D eigenvalue weighted by Gasteiger charge is -2.29. The Labute approximate surface area is 148 Å². The molecule has 0 saturated carbocycles. The van der Waals surface area contributed by atoms with Gasteiger partial charge in [0.2, 0.25) is 11.8 Å². The first kappa shape index (κ1) is 19.0. The van der Waals surface area contributed by atoms with E-state index in [-0.39, 0.29) is 30.8 Å². The Hall–Kier alpha value is -2.37. The molecule has 6 heteroatoms. The van der Waals surface area contributed by atoms with Crippen LogP contribution in [0.3, 0.4) is 0 Å². The maximum atomic E-state index is 12.8. The van der Waals surface area contributed by atoms with Gasteiger partial charge in [-0.25, -0.2) is 0 Å². The average Bonchev–Trinajstić information content (AvgIpc) is 2.94. The molecule has 0 radical (unpaired) electrons. The van der Waals surface area contributed by atoms with Crippen molar-refractivity contribution in [1.82, 2.24) is 9.80 Å². The first-order valence-corrected chi connectivity index (χ1v) is 8.67. The summed E-state index contributed by atoms with van der Waals surface area (Å²) in [5.74, 6) is -1.80. The molecular formula is C19H26N2O4. The predicted octanol–water partition coefficient (Wildman–Crippen LogP) is 2.06. The van der Waals surface area contributed by atoms with E-state index in [1.54, 1.807) is 4.90 Å². The molecule has 1 aliphatic heterocycles. The van der Waals surface area contributed by atoms with Gasteiger partial charge in [-0.1, -0.05) is 36.8 Å². The van der Waals surface area contributed by atoms with E-state index in [9.17, 15) is 14.4 Å². The number of carboxylic acid groups (broad SMARTS) is 1. The number of nitrogens with zero attached hydrogens (tertiary/aromatic N) is 2. The number of likely N-dealkylation sites (tertiary alicyclic amines) is 1. The third kappa shape index (κ3) is 4.81. The van der Waals surface area contributed by atoms with Gasteiger partial charge in [0.25, 0.3) is 0 Å². The van der Waals surface area contributed by atoms with Crippen LogP contribution in [0.15, 0.2) is 24.3 Å². The summed E-state index contributed by atoms with van der Waals surface area (Å²) in [6.45, 7) is 6.25. The molecule has 1 aromatic rings. The van der Waals surface area contributed by atoms with Crippen LogP contribution in [-0.4, -0.2) is 51.8 Å². The molecule has 1 aromatic carbocycles. The number of rotatable bonds is 7. The van der Waals surface area contributed by atoms with E-state index in [1.165, 1.54) is 4.90 Å². The SMILES string of the molecule is CCC(C)N(CC(=O)O)C(=O)C1CC(=O)N(Cc2ccc(C)cc2)C1. The highest BCUT2D eigenvalue weighted by molar-refractivity contribution is 5.90. The van der Waals surface area contributed by atoms with Crippen molar-refractivity contribution in [3.05, 3.63) is 35.4 Å². The first-order valence-electron chi connectivity index (χ1n) is 8.67. The maximum absolute atomic E-state index is 12.8. The number of carbonyl (C=O) groups is 3. The van der Waals surface area contributed by atoms with Gasteiger partial charge >= 0.3 is 5.97 Å². The van der Waals surface area contributed by atoms with Gasteiger partial charge in [0, 0.05) is 25.6 Å². The highest BCUT2D eigenvalue weighted by Crippen LogP contribution is 2.23. The maximum Gasteiger partial charge on any atom is 0.323 e. The zero-order chi connectivity index (χ0) is 18.6. The molecule has 0 aliphatic carbocycles. The quantitative estimate of drug-likeness (QED) is 0.820. The number of carboxylic acids is 1. The summed E-state index contributed by atoms with van der Waals surface area (Å²) in [6.07, 6.45) is 0.823. The summed E-state index contributed by atoms with van der Waals surface area (Å²) in [5.41, 5.74) is 2.18. The van der Waals surface area contributed by atoms with Crippen molar-refractivity contribution in [2.45, 2.75) is 46.2 Å². The number of benzene rings is 1. The fourth-order valence-corrected chi connectivity index (χ4v) is 3.06. The van der Waals surface area contributed by atoms with Gasteiger partial charge in [-0.15, -0.1) is 0 Å². The molecule has 1 saturated heterocycles. The minimum atomic E-state index is -1.03. The summed E-state index contributed by atoms with van der Waals surface area (Å²) in [5, 5.41) is 9.07. The zero-order valence-corrected chi connectivity index (χ0v) is 15.1. The highest BCUT2D eigenvalue weighted by atomic mass is 16.4. The molecule has 25 heavy (non-hydrogen) atoms. The van der Waals surface area contributed by atoms with Gasteiger partial charge in [0.15, 0.2) is 0 Å². The standard InChI is InChI=1S/C19H26N2O4/c1-4-14(3)21(12-18(23)24)19(25)16-9-17(22)20(11-16)10-15-7-5-13(2)6-8-15/h5-8,14,16H,4,9-12H2,1-3H3,(H,23,24). The third-order valence-electron chi connectivity index (χ3n) is 4.77. The summed E-state index contributed by atoms with van der Waals surface area (Å²) < 4.78 is 0. The van der Waals surface area contributed by atoms with Gasteiger partial charge in [-0.05, 0) is 25.8 Å². The van der Waals surface area contributed by atoms with E-state index in [0.29, 0.717) is 19.5 Å². The molecule has 1 fully saturated rings. The molecule has 2 atom stereocenters. The molecule has 1 N–H and O–H groups in total. The number of carbonyl (C=O) groups excluding carboxylic acids is 2. The molecule has 1 aliphatic rings. The number of aliphatic carboxylic acids is 1. The lowest BCUT2D eigenvalue weighted by Crippen LogP contribution is -2.45. The Morgan fingerprint density at radius 3 is 2.52 bits per heavy atom. The van der Waals surface area contributed by atoms with Crippen molar-refractivity contribution in [2.75, 3.05) is 13.1 Å². The average molecular weight is 346 g/mol. The third-order valence-corrected chi connectivity index (χ3v) is 4.77. The fraction of sp³-hybridized carbons (Fsp3) is 0.526. The molecule has 0 bridgehead atoms. The summed E-state index contributed by atoms with van der Waals surface area (Å²) in [6, 6.07) is 7.79. The van der Waals surface area contributed by atoms with Crippen molar-refractivity contribution in [3.8, 4) is 0 Å². The van der Waals surface area contributed by atoms with E-state index >= 15 is 0 Å². The molecule has 0 spiro atoms. The molecule has 2 amide bonds. The first-order chi connectivity index (χ1) is 11.8. The normalized spacial score (nSPS) is 18.3. The Kier molecular flexibility index (Phi) is 6.17. The fourth-order valence-electron chi connectivity index (χ4n) is 3.06. The lowest BCUT2D eigenvalue weighted by molar-refractivity contribution is -0.148. The summed E-state index contributed by atoms with van der Waals surface area (Å²) >= 11 is 0. The minimum absolute atomic E-state index is 0.0571. The Balaban J connectivity index is 2.05. The number of aryl methyl sites for hydroxylation is 1. The van der Waals surface area contributed by atoms with E-state index < -0.39 is 11.9 Å². The second-order valence-electron chi connectivity index (χ2n) is 6.78. The molecule has 6 nitrogen and oxygen atoms in total. The zero-order valence-electron chi connectivity index (χ0n) is 15.1. The van der Waals surface area contributed by atoms with E-state index in [4.69, 9.17) is 5.11 Å². The monoisotopic (exact) mass is 346 g/mol. The Morgan fingerprint density at radius 1 is 1.32 bits per heavy atom. The lowest BCUT2D eigenvalue weighted by atomic mass is 10.1. The highest BCUT2D eigenvalue weighted by Gasteiger charge is 2.37. The number of hydrogen-bond donors (Lipinski definition) is 1. The van der Waals surface area contributed by atoms with Crippen molar-refractivity contribution in [2.24, 2.45) is 5.92 Å². The Bertz CT molecular complexity index is 641. The smallest absolute Gasteiger partial charge is 0.323 e. The van der Waals surface area contributed by atoms with Crippen molar-refractivity contribution in [3.63, 3.8) is 0 Å². The van der Waals surface area contributed by atoms with Crippen molar-refractivity contribution >= 4 is 17.8 Å². The van der Waals surface area contributed by atoms with Crippen LogP contribution in [0.1, 0.15) is 37.8 Å².